The first-order valence-corrected chi connectivity index (χ1v) is 7.02. The Morgan fingerprint density at radius 1 is 1.00 bits per heavy atom. The fraction of sp³-hybridized carbons (Fsp3) is 0.0714. The number of benzene rings is 1. The van der Waals surface area contributed by atoms with Gasteiger partial charge in [0.05, 0.1) is 12.8 Å². The van der Waals surface area contributed by atoms with Crippen molar-refractivity contribution in [1.29, 1.82) is 0 Å². The highest BCUT2D eigenvalue weighted by atomic mass is 79.9. The van der Waals surface area contributed by atoms with Crippen molar-refractivity contribution in [2.75, 3.05) is 6.54 Å². The molecule has 0 atom stereocenters. The normalized spacial score (nSPS) is 9.86. The van der Waals surface area contributed by atoms with Crippen LogP contribution in [0.4, 0.5) is 0 Å². The minimum Gasteiger partial charge on any atom is -0.459 e. The topological polar surface area (TPSA) is 100 Å². The van der Waals surface area contributed by atoms with Crippen LogP contribution in [0.3, 0.4) is 0 Å². The van der Waals surface area contributed by atoms with Crippen molar-refractivity contribution in [2.24, 2.45) is 0 Å². The molecule has 0 saturated carbocycles. The van der Waals surface area contributed by atoms with E-state index in [2.05, 4.69) is 32.1 Å². The first kappa shape index (κ1) is 15.8. The molecular weight excluding hydrogens is 354 g/mol. The number of furan rings is 1. The highest BCUT2D eigenvalue weighted by molar-refractivity contribution is 9.10. The molecule has 3 N–H and O–H groups in total. The molecule has 7 nitrogen and oxygen atoms in total. The van der Waals surface area contributed by atoms with Crippen LogP contribution in [0.15, 0.2) is 51.6 Å². The molecule has 1 aromatic carbocycles. The largest absolute Gasteiger partial charge is 0.459 e. The van der Waals surface area contributed by atoms with Crippen LogP contribution in [-0.2, 0) is 4.79 Å². The van der Waals surface area contributed by atoms with Gasteiger partial charge in [-0.2, -0.15) is 0 Å². The molecule has 0 unspecified atom stereocenters. The van der Waals surface area contributed by atoms with Crippen molar-refractivity contribution in [3.8, 4) is 0 Å². The lowest BCUT2D eigenvalue weighted by Gasteiger charge is -2.07. The summed E-state index contributed by atoms with van der Waals surface area (Å²) in [5.74, 6) is -1.47. The minimum atomic E-state index is -0.586. The molecule has 0 aliphatic carbocycles. The number of nitrogens with one attached hydrogen (secondary N) is 3. The minimum absolute atomic E-state index is 0.0687. The van der Waals surface area contributed by atoms with Gasteiger partial charge in [0.1, 0.15) is 0 Å². The van der Waals surface area contributed by atoms with Gasteiger partial charge in [-0.05, 0) is 36.4 Å². The first-order chi connectivity index (χ1) is 10.6. The van der Waals surface area contributed by atoms with Crippen molar-refractivity contribution < 1.29 is 18.8 Å². The summed E-state index contributed by atoms with van der Waals surface area (Å²) in [5, 5.41) is 2.44. The van der Waals surface area contributed by atoms with E-state index in [1.54, 1.807) is 30.3 Å². The third-order valence-electron chi connectivity index (χ3n) is 2.58. The van der Waals surface area contributed by atoms with Crippen LogP contribution in [0.5, 0.6) is 0 Å². The van der Waals surface area contributed by atoms with E-state index < -0.39 is 11.8 Å². The second kappa shape index (κ2) is 7.41. The summed E-state index contributed by atoms with van der Waals surface area (Å²) in [6.07, 6.45) is 1.34. The van der Waals surface area contributed by atoms with Crippen LogP contribution in [-0.4, -0.2) is 24.3 Å². The molecule has 3 amide bonds. The highest BCUT2D eigenvalue weighted by Gasteiger charge is 2.11. The maximum absolute atomic E-state index is 11.8. The molecule has 1 heterocycles. The Kier molecular flexibility index (Phi) is 5.31. The maximum atomic E-state index is 11.8. The number of hydrogen-bond acceptors (Lipinski definition) is 4. The molecule has 0 bridgehead atoms. The van der Waals surface area contributed by atoms with Gasteiger partial charge >= 0.3 is 5.91 Å². The Hall–Kier alpha value is -2.61. The molecule has 2 aromatic rings. The van der Waals surface area contributed by atoms with Gasteiger partial charge in [-0.15, -0.1) is 0 Å². The van der Waals surface area contributed by atoms with Gasteiger partial charge in [0.25, 0.3) is 11.8 Å². The van der Waals surface area contributed by atoms with E-state index in [1.165, 1.54) is 12.3 Å². The summed E-state index contributed by atoms with van der Waals surface area (Å²) < 4.78 is 5.71. The monoisotopic (exact) mass is 365 g/mol. The van der Waals surface area contributed by atoms with Gasteiger partial charge in [-0.3, -0.25) is 25.2 Å². The van der Waals surface area contributed by atoms with E-state index in [0.29, 0.717) is 5.56 Å². The Morgan fingerprint density at radius 3 is 2.36 bits per heavy atom. The first-order valence-electron chi connectivity index (χ1n) is 6.22. The van der Waals surface area contributed by atoms with E-state index >= 15 is 0 Å². The zero-order valence-corrected chi connectivity index (χ0v) is 12.8. The summed E-state index contributed by atoms with van der Waals surface area (Å²) in [7, 11) is 0. The van der Waals surface area contributed by atoms with Crippen molar-refractivity contribution in [3.63, 3.8) is 0 Å². The number of halogens is 1. The number of carbonyl (C=O) groups is 3. The van der Waals surface area contributed by atoms with Gasteiger partial charge in [0.2, 0.25) is 0 Å². The Morgan fingerprint density at radius 2 is 1.73 bits per heavy atom. The van der Waals surface area contributed by atoms with E-state index in [9.17, 15) is 14.4 Å². The maximum Gasteiger partial charge on any atom is 0.305 e. The fourth-order valence-electron chi connectivity index (χ4n) is 1.50. The van der Waals surface area contributed by atoms with E-state index in [4.69, 9.17) is 4.42 Å². The molecular formula is C14H12BrN3O4. The predicted molar refractivity (Wildman–Crippen MR) is 80.8 cm³/mol. The van der Waals surface area contributed by atoms with Crippen molar-refractivity contribution in [3.05, 3.63) is 58.5 Å². The lowest BCUT2D eigenvalue weighted by Crippen LogP contribution is -2.46. The molecule has 0 radical (unpaired) electrons. The lowest BCUT2D eigenvalue weighted by atomic mass is 10.2. The predicted octanol–water partition coefficient (Wildman–Crippen LogP) is 1.23. The molecule has 0 aliphatic heterocycles. The molecule has 8 heteroatoms. The van der Waals surface area contributed by atoms with Crippen LogP contribution >= 0.6 is 15.9 Å². The third kappa shape index (κ3) is 4.45. The molecule has 1 aromatic heterocycles. The molecule has 114 valence electrons. The summed E-state index contributed by atoms with van der Waals surface area (Å²) in [6, 6.07) is 9.69. The Bertz CT molecular complexity index is 668. The van der Waals surface area contributed by atoms with Crippen LogP contribution in [0.25, 0.3) is 0 Å². The van der Waals surface area contributed by atoms with Crippen molar-refractivity contribution in [2.45, 2.75) is 0 Å². The zero-order chi connectivity index (χ0) is 15.9. The Balaban J connectivity index is 1.74. The average Bonchev–Trinajstić information content (AvgIpc) is 3.05. The van der Waals surface area contributed by atoms with Gasteiger partial charge in [-0.1, -0.05) is 15.9 Å². The standard InChI is InChI=1S/C14H12BrN3O4/c15-10-5-3-9(4-6-10)13(20)16-8-12(19)17-18-14(21)11-2-1-7-22-11/h1-7H,8H2,(H,16,20)(H,17,19)(H,18,21). The summed E-state index contributed by atoms with van der Waals surface area (Å²) in [6.45, 7) is -0.271. The average molecular weight is 366 g/mol. The molecule has 22 heavy (non-hydrogen) atoms. The molecule has 0 saturated heterocycles. The van der Waals surface area contributed by atoms with Gasteiger partial charge in [-0.25, -0.2) is 0 Å². The van der Waals surface area contributed by atoms with E-state index in [1.807, 2.05) is 0 Å². The third-order valence-corrected chi connectivity index (χ3v) is 3.10. The quantitative estimate of drug-likeness (QED) is 0.709. The highest BCUT2D eigenvalue weighted by Crippen LogP contribution is 2.10. The zero-order valence-electron chi connectivity index (χ0n) is 11.3. The van der Waals surface area contributed by atoms with Gasteiger partial charge < -0.3 is 9.73 Å². The summed E-state index contributed by atoms with van der Waals surface area (Å²) in [5.41, 5.74) is 4.76. The van der Waals surface area contributed by atoms with E-state index in [0.717, 1.165) is 4.47 Å². The van der Waals surface area contributed by atoms with Crippen molar-refractivity contribution >= 4 is 33.7 Å². The van der Waals surface area contributed by atoms with Crippen LogP contribution in [0.1, 0.15) is 20.9 Å². The molecule has 0 spiro atoms. The number of rotatable bonds is 4. The Labute approximate surface area is 134 Å². The summed E-state index contributed by atoms with van der Waals surface area (Å²) in [4.78, 5) is 34.8. The number of hydrazine groups is 1. The second-order valence-electron chi connectivity index (χ2n) is 4.17. The lowest BCUT2D eigenvalue weighted by molar-refractivity contribution is -0.120. The number of hydrogen-bond donors (Lipinski definition) is 3. The summed E-state index contributed by atoms with van der Waals surface area (Å²) >= 11 is 3.26. The van der Waals surface area contributed by atoms with Gasteiger partial charge in [0.15, 0.2) is 5.76 Å². The number of carbonyl (C=O) groups excluding carboxylic acids is 3. The van der Waals surface area contributed by atoms with E-state index in [-0.39, 0.29) is 18.2 Å². The molecule has 0 fully saturated rings. The SMILES string of the molecule is O=C(CNC(=O)c1ccc(Br)cc1)NNC(=O)c1ccco1. The molecule has 2 rings (SSSR count). The van der Waals surface area contributed by atoms with Crippen molar-refractivity contribution in [1.82, 2.24) is 16.2 Å². The number of amides is 3. The van der Waals surface area contributed by atoms with Crippen LogP contribution in [0.2, 0.25) is 0 Å². The second-order valence-corrected chi connectivity index (χ2v) is 5.08. The smallest absolute Gasteiger partial charge is 0.305 e. The van der Waals surface area contributed by atoms with Gasteiger partial charge in [0, 0.05) is 10.0 Å². The van der Waals surface area contributed by atoms with Crippen LogP contribution < -0.4 is 16.2 Å². The fourth-order valence-corrected chi connectivity index (χ4v) is 1.77. The molecule has 0 aliphatic rings. The van der Waals surface area contributed by atoms with Crippen LogP contribution in [0, 0.1) is 0 Å².